The SMILES string of the molecule is CC(C)Oc1ncc(C(=O)NNC(=O)c2ccccc2)cc1Cl. The second kappa shape index (κ2) is 7.60. The number of amides is 2. The molecule has 0 radical (unpaired) electrons. The summed E-state index contributed by atoms with van der Waals surface area (Å²) in [5, 5.41) is 0.223. The maximum absolute atomic E-state index is 12.0. The molecule has 2 aromatic rings. The van der Waals surface area contributed by atoms with Crippen LogP contribution in [0.4, 0.5) is 0 Å². The highest BCUT2D eigenvalue weighted by Gasteiger charge is 2.13. The number of carbonyl (C=O) groups excluding carboxylic acids is 2. The average Bonchev–Trinajstić information content (AvgIpc) is 2.54. The number of hydrazine groups is 1. The van der Waals surface area contributed by atoms with Crippen LogP contribution >= 0.6 is 11.6 Å². The molecule has 120 valence electrons. The first-order valence-electron chi connectivity index (χ1n) is 6.95. The van der Waals surface area contributed by atoms with E-state index in [1.165, 1.54) is 12.3 Å². The van der Waals surface area contributed by atoms with Crippen LogP contribution in [0.25, 0.3) is 0 Å². The van der Waals surface area contributed by atoms with Gasteiger partial charge in [-0.3, -0.25) is 20.4 Å². The first-order chi connectivity index (χ1) is 11.0. The van der Waals surface area contributed by atoms with E-state index in [1.54, 1.807) is 30.3 Å². The normalized spacial score (nSPS) is 10.3. The number of nitrogens with zero attached hydrogens (tertiary/aromatic N) is 1. The van der Waals surface area contributed by atoms with Gasteiger partial charge in [0.05, 0.1) is 11.7 Å². The van der Waals surface area contributed by atoms with E-state index in [-0.39, 0.29) is 22.6 Å². The van der Waals surface area contributed by atoms with Gasteiger partial charge in [0.2, 0.25) is 5.88 Å². The third-order valence-corrected chi connectivity index (χ3v) is 3.01. The summed E-state index contributed by atoms with van der Waals surface area (Å²) in [6.07, 6.45) is 1.25. The summed E-state index contributed by atoms with van der Waals surface area (Å²) in [7, 11) is 0. The van der Waals surface area contributed by atoms with Gasteiger partial charge in [0.25, 0.3) is 11.8 Å². The molecule has 0 aliphatic heterocycles. The highest BCUT2D eigenvalue weighted by atomic mass is 35.5. The van der Waals surface area contributed by atoms with Crippen molar-refractivity contribution in [1.82, 2.24) is 15.8 Å². The summed E-state index contributed by atoms with van der Waals surface area (Å²) < 4.78 is 5.39. The molecule has 1 aromatic heterocycles. The molecule has 1 heterocycles. The molecule has 6 nitrogen and oxygen atoms in total. The topological polar surface area (TPSA) is 80.3 Å². The van der Waals surface area contributed by atoms with E-state index in [9.17, 15) is 9.59 Å². The molecule has 0 aliphatic rings. The number of hydrogen-bond donors (Lipinski definition) is 2. The third kappa shape index (κ3) is 4.69. The molecule has 0 spiro atoms. The van der Waals surface area contributed by atoms with Crippen molar-refractivity contribution in [3.63, 3.8) is 0 Å². The number of ether oxygens (including phenoxy) is 1. The minimum absolute atomic E-state index is 0.0789. The lowest BCUT2D eigenvalue weighted by Gasteiger charge is -2.11. The van der Waals surface area contributed by atoms with E-state index >= 15 is 0 Å². The Hall–Kier alpha value is -2.60. The lowest BCUT2D eigenvalue weighted by atomic mass is 10.2. The molecule has 2 N–H and O–H groups in total. The van der Waals surface area contributed by atoms with Crippen molar-refractivity contribution < 1.29 is 14.3 Å². The Morgan fingerprint density at radius 3 is 2.26 bits per heavy atom. The number of hydrogen-bond acceptors (Lipinski definition) is 4. The lowest BCUT2D eigenvalue weighted by Crippen LogP contribution is -2.41. The maximum Gasteiger partial charge on any atom is 0.271 e. The molecule has 0 atom stereocenters. The van der Waals surface area contributed by atoms with Gasteiger partial charge < -0.3 is 4.74 Å². The van der Waals surface area contributed by atoms with Crippen molar-refractivity contribution in [2.75, 3.05) is 0 Å². The summed E-state index contributed by atoms with van der Waals surface area (Å²) in [5.41, 5.74) is 5.27. The second-order valence-electron chi connectivity index (χ2n) is 4.95. The Labute approximate surface area is 138 Å². The molecular weight excluding hydrogens is 318 g/mol. The van der Waals surface area contributed by atoms with Crippen LogP contribution in [-0.2, 0) is 0 Å². The number of halogens is 1. The van der Waals surface area contributed by atoms with E-state index in [4.69, 9.17) is 16.3 Å². The van der Waals surface area contributed by atoms with Gasteiger partial charge >= 0.3 is 0 Å². The van der Waals surface area contributed by atoms with Crippen molar-refractivity contribution >= 4 is 23.4 Å². The largest absolute Gasteiger partial charge is 0.474 e. The van der Waals surface area contributed by atoms with Crippen LogP contribution in [0.5, 0.6) is 5.88 Å². The maximum atomic E-state index is 12.0. The van der Waals surface area contributed by atoms with Crippen molar-refractivity contribution in [2.24, 2.45) is 0 Å². The standard InChI is InChI=1S/C16H16ClN3O3/c1-10(2)23-16-13(17)8-12(9-18-16)15(22)20-19-14(21)11-6-4-3-5-7-11/h3-10H,1-2H3,(H,19,21)(H,20,22). The van der Waals surface area contributed by atoms with E-state index in [0.717, 1.165) is 0 Å². The van der Waals surface area contributed by atoms with Crippen molar-refractivity contribution in [3.05, 3.63) is 58.7 Å². The van der Waals surface area contributed by atoms with Crippen LogP contribution in [0.2, 0.25) is 5.02 Å². The summed E-state index contributed by atoms with van der Waals surface area (Å²) in [6.45, 7) is 3.69. The van der Waals surface area contributed by atoms with Crippen molar-refractivity contribution in [1.29, 1.82) is 0 Å². The predicted molar refractivity (Wildman–Crippen MR) is 86.4 cm³/mol. The van der Waals surface area contributed by atoms with Crippen LogP contribution in [-0.4, -0.2) is 22.9 Å². The number of rotatable bonds is 4. The Balaban J connectivity index is 1.98. The molecule has 2 rings (SSSR count). The van der Waals surface area contributed by atoms with E-state index < -0.39 is 11.8 Å². The number of carbonyl (C=O) groups is 2. The van der Waals surface area contributed by atoms with Crippen LogP contribution < -0.4 is 15.6 Å². The Morgan fingerprint density at radius 2 is 1.70 bits per heavy atom. The van der Waals surface area contributed by atoms with Crippen LogP contribution in [0.1, 0.15) is 34.6 Å². The molecule has 2 amide bonds. The van der Waals surface area contributed by atoms with Gasteiger partial charge in [0.1, 0.15) is 5.02 Å². The highest BCUT2D eigenvalue weighted by molar-refractivity contribution is 6.32. The Kier molecular flexibility index (Phi) is 5.54. The van der Waals surface area contributed by atoms with E-state index in [0.29, 0.717) is 5.56 Å². The monoisotopic (exact) mass is 333 g/mol. The molecule has 0 unspecified atom stereocenters. The van der Waals surface area contributed by atoms with Crippen molar-refractivity contribution in [3.8, 4) is 5.88 Å². The van der Waals surface area contributed by atoms with Gasteiger partial charge in [0, 0.05) is 11.8 Å². The van der Waals surface area contributed by atoms with Crippen molar-refractivity contribution in [2.45, 2.75) is 20.0 Å². The Morgan fingerprint density at radius 1 is 1.09 bits per heavy atom. The first kappa shape index (κ1) is 16.8. The number of aromatic nitrogens is 1. The van der Waals surface area contributed by atoms with E-state index in [2.05, 4.69) is 15.8 Å². The molecule has 7 heteroatoms. The van der Waals surface area contributed by atoms with Gasteiger partial charge in [-0.1, -0.05) is 29.8 Å². The third-order valence-electron chi connectivity index (χ3n) is 2.74. The molecule has 1 aromatic carbocycles. The fourth-order valence-corrected chi connectivity index (χ4v) is 1.92. The second-order valence-corrected chi connectivity index (χ2v) is 5.36. The number of nitrogens with one attached hydrogen (secondary N) is 2. The summed E-state index contributed by atoms with van der Waals surface area (Å²) >= 11 is 6.02. The predicted octanol–water partition coefficient (Wildman–Crippen LogP) is 2.60. The van der Waals surface area contributed by atoms with Crippen LogP contribution in [0.15, 0.2) is 42.6 Å². The van der Waals surface area contributed by atoms with E-state index in [1.807, 2.05) is 13.8 Å². The summed E-state index contributed by atoms with van der Waals surface area (Å²) in [6, 6.07) is 9.96. The number of pyridine rings is 1. The highest BCUT2D eigenvalue weighted by Crippen LogP contribution is 2.23. The zero-order valence-corrected chi connectivity index (χ0v) is 13.4. The minimum atomic E-state index is -0.528. The summed E-state index contributed by atoms with van der Waals surface area (Å²) in [4.78, 5) is 27.8. The molecule has 0 bridgehead atoms. The number of benzene rings is 1. The fourth-order valence-electron chi connectivity index (χ4n) is 1.71. The van der Waals surface area contributed by atoms with Gasteiger partial charge in [0.15, 0.2) is 0 Å². The first-order valence-corrected chi connectivity index (χ1v) is 7.33. The van der Waals surface area contributed by atoms with Gasteiger partial charge in [-0.15, -0.1) is 0 Å². The molecule has 23 heavy (non-hydrogen) atoms. The molecule has 0 aliphatic carbocycles. The average molecular weight is 334 g/mol. The molecule has 0 saturated carbocycles. The van der Waals surface area contributed by atoms with Crippen LogP contribution in [0.3, 0.4) is 0 Å². The Bertz CT molecular complexity index is 705. The summed E-state index contributed by atoms with van der Waals surface area (Å²) in [5.74, 6) is -0.691. The van der Waals surface area contributed by atoms with Gasteiger partial charge in [-0.2, -0.15) is 0 Å². The molecular formula is C16H16ClN3O3. The van der Waals surface area contributed by atoms with Gasteiger partial charge in [-0.25, -0.2) is 4.98 Å². The lowest BCUT2D eigenvalue weighted by molar-refractivity contribution is 0.0846. The smallest absolute Gasteiger partial charge is 0.271 e. The van der Waals surface area contributed by atoms with Crippen LogP contribution in [0, 0.1) is 0 Å². The fraction of sp³-hybridized carbons (Fsp3) is 0.188. The van der Waals surface area contributed by atoms with Gasteiger partial charge in [-0.05, 0) is 32.0 Å². The molecule has 0 saturated heterocycles. The molecule has 0 fully saturated rings. The zero-order chi connectivity index (χ0) is 16.8. The zero-order valence-electron chi connectivity index (χ0n) is 12.7. The quantitative estimate of drug-likeness (QED) is 0.843. The minimum Gasteiger partial charge on any atom is -0.474 e.